The predicted octanol–water partition coefficient (Wildman–Crippen LogP) is 4.30. The predicted molar refractivity (Wildman–Crippen MR) is 99.8 cm³/mol. The van der Waals surface area contributed by atoms with Crippen molar-refractivity contribution < 1.29 is 23.7 Å². The molecule has 1 aliphatic carbocycles. The highest BCUT2D eigenvalue weighted by Gasteiger charge is 2.51. The summed E-state index contributed by atoms with van der Waals surface area (Å²) in [7, 11) is 4.71. The van der Waals surface area contributed by atoms with E-state index in [9.17, 15) is 4.79 Å². The van der Waals surface area contributed by atoms with Crippen molar-refractivity contribution >= 4 is 28.3 Å². The second kappa shape index (κ2) is 7.43. The Kier molecular flexibility index (Phi) is 5.42. The van der Waals surface area contributed by atoms with Gasteiger partial charge in [-0.25, -0.2) is 0 Å². The summed E-state index contributed by atoms with van der Waals surface area (Å²) in [6.45, 7) is 1.83. The van der Waals surface area contributed by atoms with Crippen LogP contribution in [0.15, 0.2) is 30.3 Å². The minimum atomic E-state index is -0.817. The van der Waals surface area contributed by atoms with E-state index in [1.807, 2.05) is 37.3 Å². The highest BCUT2D eigenvalue weighted by molar-refractivity contribution is 6.37. The van der Waals surface area contributed by atoms with Crippen molar-refractivity contribution in [3.8, 4) is 5.75 Å². The van der Waals surface area contributed by atoms with Crippen molar-refractivity contribution in [3.63, 3.8) is 0 Å². The van der Waals surface area contributed by atoms with Crippen LogP contribution in [0.2, 0.25) is 5.02 Å². The van der Waals surface area contributed by atoms with Gasteiger partial charge in [0.05, 0.1) is 18.1 Å². The molecule has 0 bridgehead atoms. The first-order chi connectivity index (χ1) is 12.5. The van der Waals surface area contributed by atoms with E-state index >= 15 is 0 Å². The van der Waals surface area contributed by atoms with Crippen molar-refractivity contribution in [1.29, 1.82) is 0 Å². The molecule has 0 saturated heterocycles. The van der Waals surface area contributed by atoms with Gasteiger partial charge < -0.3 is 18.9 Å². The Hall–Kier alpha value is -1.82. The number of carbonyl (C=O) groups excluding carboxylic acids is 1. The molecule has 0 aromatic heterocycles. The van der Waals surface area contributed by atoms with E-state index in [0.717, 1.165) is 22.8 Å². The first-order valence-corrected chi connectivity index (χ1v) is 8.90. The van der Waals surface area contributed by atoms with E-state index < -0.39 is 11.7 Å². The van der Waals surface area contributed by atoms with Crippen LogP contribution in [0.25, 0.3) is 10.8 Å². The van der Waals surface area contributed by atoms with Crippen molar-refractivity contribution in [2.75, 3.05) is 21.3 Å². The lowest BCUT2D eigenvalue weighted by Gasteiger charge is -2.45. The lowest BCUT2D eigenvalue weighted by molar-refractivity contribution is -0.309. The maximum absolute atomic E-state index is 12.6. The van der Waals surface area contributed by atoms with Gasteiger partial charge in [-0.15, -0.1) is 0 Å². The van der Waals surface area contributed by atoms with E-state index in [4.69, 9.17) is 30.5 Å². The third-order valence-corrected chi connectivity index (χ3v) is 5.60. The highest BCUT2D eigenvalue weighted by atomic mass is 35.5. The van der Waals surface area contributed by atoms with E-state index in [-0.39, 0.29) is 12.1 Å². The van der Waals surface area contributed by atoms with Crippen LogP contribution in [0.1, 0.15) is 31.2 Å². The summed E-state index contributed by atoms with van der Waals surface area (Å²) >= 11 is 6.35. The number of esters is 1. The molecule has 2 atom stereocenters. The molecule has 5 nitrogen and oxygen atoms in total. The number of methoxy groups -OCH3 is 3. The smallest absolute Gasteiger partial charge is 0.313 e. The minimum absolute atomic E-state index is 0.299. The summed E-state index contributed by atoms with van der Waals surface area (Å²) in [5.41, 5.74) is 0.864. The summed E-state index contributed by atoms with van der Waals surface area (Å²) in [6.07, 6.45) is 1.06. The summed E-state index contributed by atoms with van der Waals surface area (Å²) in [5, 5.41) is 2.39. The number of rotatable bonds is 6. The molecule has 0 N–H and O–H groups in total. The number of ether oxygens (including phenoxy) is 4. The van der Waals surface area contributed by atoms with E-state index in [1.54, 1.807) is 21.3 Å². The third-order valence-electron chi connectivity index (χ3n) is 5.21. The summed E-state index contributed by atoms with van der Waals surface area (Å²) < 4.78 is 21.7. The molecule has 3 rings (SSSR count). The number of hydrogen-bond donors (Lipinski definition) is 0. The molecule has 1 aliphatic rings. The van der Waals surface area contributed by atoms with Gasteiger partial charge in [0.15, 0.2) is 6.10 Å². The zero-order valence-corrected chi connectivity index (χ0v) is 16.1. The van der Waals surface area contributed by atoms with Crippen molar-refractivity contribution in [3.05, 3.63) is 40.9 Å². The standard InChI is InChI=1S/C20H23ClO5/c1-12(19(22)26-17-9-10-20(17,24-3)25-4)13-5-7-15-14(11-13)6-8-16(23-2)18(15)21/h5-8,11-12,17H,9-10H2,1-4H3/t12-,17-/m0/s1. The van der Waals surface area contributed by atoms with E-state index in [0.29, 0.717) is 17.2 Å². The van der Waals surface area contributed by atoms with Crippen LogP contribution >= 0.6 is 11.6 Å². The first-order valence-electron chi connectivity index (χ1n) is 8.52. The van der Waals surface area contributed by atoms with Crippen LogP contribution in [-0.4, -0.2) is 39.2 Å². The SMILES string of the molecule is COc1ccc2cc([C@H](C)C(=O)O[C@H]3CCC3(OC)OC)ccc2c1Cl. The van der Waals surface area contributed by atoms with Crippen LogP contribution in [0.3, 0.4) is 0 Å². The molecule has 2 aromatic carbocycles. The van der Waals surface area contributed by atoms with Crippen molar-refractivity contribution in [2.45, 2.75) is 37.6 Å². The zero-order chi connectivity index (χ0) is 18.9. The first kappa shape index (κ1) is 19.0. The Balaban J connectivity index is 1.79. The van der Waals surface area contributed by atoms with Gasteiger partial charge in [-0.1, -0.05) is 35.9 Å². The normalized spacial score (nSPS) is 19.7. The number of carbonyl (C=O) groups is 1. The topological polar surface area (TPSA) is 54.0 Å². The molecule has 0 unspecified atom stereocenters. The molecule has 0 amide bonds. The van der Waals surface area contributed by atoms with Crippen LogP contribution in [0.4, 0.5) is 0 Å². The molecular formula is C20H23ClO5. The van der Waals surface area contributed by atoms with Crippen molar-refractivity contribution in [1.82, 2.24) is 0 Å². The summed E-state index contributed by atoms with van der Waals surface area (Å²) in [5.74, 6) is -0.901. The van der Waals surface area contributed by atoms with Crippen LogP contribution in [-0.2, 0) is 19.0 Å². The number of halogens is 1. The molecule has 1 fully saturated rings. The zero-order valence-electron chi connectivity index (χ0n) is 15.4. The molecule has 0 aliphatic heterocycles. The van der Waals surface area contributed by atoms with Gasteiger partial charge in [0.25, 0.3) is 0 Å². The van der Waals surface area contributed by atoms with Crippen LogP contribution in [0.5, 0.6) is 5.75 Å². The Morgan fingerprint density at radius 2 is 1.92 bits per heavy atom. The molecule has 0 heterocycles. The largest absolute Gasteiger partial charge is 0.495 e. The van der Waals surface area contributed by atoms with Crippen molar-refractivity contribution in [2.24, 2.45) is 0 Å². The molecular weight excluding hydrogens is 356 g/mol. The van der Waals surface area contributed by atoms with E-state index in [2.05, 4.69) is 0 Å². The second-order valence-corrected chi connectivity index (χ2v) is 6.85. The van der Waals surface area contributed by atoms with Gasteiger partial charge in [0.1, 0.15) is 5.75 Å². The van der Waals surface area contributed by atoms with Gasteiger partial charge in [0.2, 0.25) is 5.79 Å². The fourth-order valence-corrected chi connectivity index (χ4v) is 3.60. The Bertz CT molecular complexity index is 810. The van der Waals surface area contributed by atoms with Gasteiger partial charge in [-0.2, -0.15) is 0 Å². The lowest BCUT2D eigenvalue weighted by atomic mass is 9.86. The number of hydrogen-bond acceptors (Lipinski definition) is 5. The van der Waals surface area contributed by atoms with E-state index in [1.165, 1.54) is 0 Å². The van der Waals surface area contributed by atoms with Gasteiger partial charge in [0, 0.05) is 26.0 Å². The molecule has 26 heavy (non-hydrogen) atoms. The molecule has 0 radical (unpaired) electrons. The second-order valence-electron chi connectivity index (χ2n) is 6.47. The fraction of sp³-hybridized carbons (Fsp3) is 0.450. The minimum Gasteiger partial charge on any atom is -0.495 e. The summed E-state index contributed by atoms with van der Waals surface area (Å²) in [6, 6.07) is 9.48. The molecule has 6 heteroatoms. The monoisotopic (exact) mass is 378 g/mol. The molecule has 0 spiro atoms. The van der Waals surface area contributed by atoms with Crippen LogP contribution in [0, 0.1) is 0 Å². The third kappa shape index (κ3) is 3.15. The van der Waals surface area contributed by atoms with Gasteiger partial charge in [-0.05, 0) is 30.4 Å². The molecule has 2 aromatic rings. The van der Waals surface area contributed by atoms with Crippen LogP contribution < -0.4 is 4.74 Å². The van der Waals surface area contributed by atoms with Gasteiger partial charge in [-0.3, -0.25) is 4.79 Å². The fourth-order valence-electron chi connectivity index (χ4n) is 3.29. The van der Waals surface area contributed by atoms with Gasteiger partial charge >= 0.3 is 5.97 Å². The maximum atomic E-state index is 12.6. The number of fused-ring (bicyclic) bond motifs is 1. The average molecular weight is 379 g/mol. The maximum Gasteiger partial charge on any atom is 0.313 e. The highest BCUT2D eigenvalue weighted by Crippen LogP contribution is 2.39. The average Bonchev–Trinajstić information content (AvgIpc) is 2.65. The molecule has 1 saturated carbocycles. The molecule has 140 valence electrons. The summed E-state index contributed by atoms with van der Waals surface area (Å²) in [4.78, 5) is 12.6. The quantitative estimate of drug-likeness (QED) is 0.554. The Morgan fingerprint density at radius 3 is 2.50 bits per heavy atom. The lowest BCUT2D eigenvalue weighted by Crippen LogP contribution is -2.56. The Labute approximate surface area is 158 Å². The Morgan fingerprint density at radius 1 is 1.19 bits per heavy atom. The number of benzene rings is 2.